The van der Waals surface area contributed by atoms with Gasteiger partial charge in [-0.1, -0.05) is 6.58 Å². The zero-order valence-corrected chi connectivity index (χ0v) is 9.56. The first kappa shape index (κ1) is 11.7. The molecule has 0 fully saturated rings. The molecule has 4 heteroatoms. The van der Waals surface area contributed by atoms with E-state index >= 15 is 0 Å². The van der Waals surface area contributed by atoms with Gasteiger partial charge in [0, 0.05) is 12.5 Å². The van der Waals surface area contributed by atoms with Gasteiger partial charge in [0.2, 0.25) is 0 Å². The molecule has 1 aliphatic heterocycles. The molecule has 0 amide bonds. The van der Waals surface area contributed by atoms with Crippen LogP contribution in [0.4, 0.5) is 0 Å². The second-order valence-corrected chi connectivity index (χ2v) is 4.22. The molecule has 1 heterocycles. The maximum absolute atomic E-state index is 11.4. The number of fused-ring (bicyclic) bond motifs is 1. The number of phenolic OH excluding ortho intramolecular Hbond substituents is 1. The highest BCUT2D eigenvalue weighted by atomic mass is 16.5. The minimum Gasteiger partial charge on any atom is -0.507 e. The number of Topliss-reactive ketones (excluding diaryl/α,β-unsaturated/α-hetero) is 1. The fraction of sp³-hybridized carbons (Fsp3) is 0.308. The quantitative estimate of drug-likeness (QED) is 0.613. The van der Waals surface area contributed by atoms with Gasteiger partial charge in [-0.05, 0) is 24.1 Å². The summed E-state index contributed by atoms with van der Waals surface area (Å²) in [7, 11) is 0. The second-order valence-electron chi connectivity index (χ2n) is 4.22. The van der Waals surface area contributed by atoms with Gasteiger partial charge < -0.3 is 14.9 Å². The van der Waals surface area contributed by atoms with Crippen LogP contribution in [0.3, 0.4) is 0 Å². The van der Waals surface area contributed by atoms with Gasteiger partial charge in [0.25, 0.3) is 0 Å². The van der Waals surface area contributed by atoms with E-state index in [1.165, 1.54) is 6.07 Å². The Labute approximate surface area is 99.2 Å². The van der Waals surface area contributed by atoms with Crippen molar-refractivity contribution in [3.05, 3.63) is 35.4 Å². The number of rotatable bonds is 3. The molecule has 1 aromatic carbocycles. The van der Waals surface area contributed by atoms with Crippen molar-refractivity contribution in [1.29, 1.82) is 0 Å². The van der Waals surface area contributed by atoms with Crippen LogP contribution in [-0.4, -0.2) is 28.7 Å². The fourth-order valence-electron chi connectivity index (χ4n) is 1.86. The summed E-state index contributed by atoms with van der Waals surface area (Å²) in [5.41, 5.74) is 1.89. The topological polar surface area (TPSA) is 66.8 Å². The molecule has 90 valence electrons. The van der Waals surface area contributed by atoms with Gasteiger partial charge in [-0.15, -0.1) is 0 Å². The summed E-state index contributed by atoms with van der Waals surface area (Å²) >= 11 is 0. The molecular formula is C13H14O4. The maximum atomic E-state index is 11.4. The molecule has 0 radical (unpaired) electrons. The van der Waals surface area contributed by atoms with Crippen LogP contribution in [0.5, 0.6) is 11.5 Å². The normalized spacial score (nSPS) is 17.4. The van der Waals surface area contributed by atoms with Gasteiger partial charge in [0.15, 0.2) is 5.78 Å². The smallest absolute Gasteiger partial charge is 0.191 e. The lowest BCUT2D eigenvalue weighted by atomic mass is 10.0. The number of ketones is 1. The van der Waals surface area contributed by atoms with Crippen LogP contribution in [0, 0.1) is 0 Å². The van der Waals surface area contributed by atoms with Crippen molar-refractivity contribution in [3.63, 3.8) is 0 Å². The van der Waals surface area contributed by atoms with E-state index in [2.05, 4.69) is 6.58 Å². The maximum Gasteiger partial charge on any atom is 0.191 e. The lowest BCUT2D eigenvalue weighted by molar-refractivity contribution is 0.0901. The van der Waals surface area contributed by atoms with E-state index in [9.17, 15) is 9.90 Å². The average molecular weight is 234 g/mol. The van der Waals surface area contributed by atoms with E-state index in [4.69, 9.17) is 9.84 Å². The number of hydrogen-bond acceptors (Lipinski definition) is 4. The summed E-state index contributed by atoms with van der Waals surface area (Å²) in [6.07, 6.45) is 0.528. The lowest BCUT2D eigenvalue weighted by Gasteiger charge is -2.09. The molecular weight excluding hydrogens is 220 g/mol. The minimum atomic E-state index is -0.614. The molecule has 1 atom stereocenters. The molecule has 0 saturated carbocycles. The Morgan fingerprint density at radius 2 is 2.29 bits per heavy atom. The largest absolute Gasteiger partial charge is 0.507 e. The number of carbonyl (C=O) groups excluding carboxylic acids is 1. The third-order valence-corrected chi connectivity index (χ3v) is 2.85. The number of ether oxygens (including phenoxy) is 1. The zero-order chi connectivity index (χ0) is 12.6. The van der Waals surface area contributed by atoms with E-state index < -0.39 is 12.4 Å². The lowest BCUT2D eigenvalue weighted by Crippen LogP contribution is -2.13. The molecule has 4 nitrogen and oxygen atoms in total. The highest BCUT2D eigenvalue weighted by Crippen LogP contribution is 2.36. The van der Waals surface area contributed by atoms with Crippen molar-refractivity contribution in [3.8, 4) is 11.5 Å². The SMILES string of the molecule is C=C(C)C1Cc2cc(C(=O)CO)c(O)cc2O1. The molecule has 1 aliphatic rings. The zero-order valence-electron chi connectivity index (χ0n) is 9.56. The van der Waals surface area contributed by atoms with Crippen molar-refractivity contribution in [2.75, 3.05) is 6.61 Å². The Morgan fingerprint density at radius 3 is 2.88 bits per heavy atom. The number of aliphatic hydroxyl groups is 1. The predicted octanol–water partition coefficient (Wildman–Crippen LogP) is 1.45. The number of phenols is 1. The van der Waals surface area contributed by atoms with Crippen molar-refractivity contribution in [2.24, 2.45) is 0 Å². The minimum absolute atomic E-state index is 0.108. The molecule has 0 aromatic heterocycles. The van der Waals surface area contributed by atoms with Gasteiger partial charge in [0.05, 0.1) is 5.56 Å². The van der Waals surface area contributed by atoms with Crippen molar-refractivity contribution >= 4 is 5.78 Å². The first-order valence-corrected chi connectivity index (χ1v) is 5.35. The summed E-state index contributed by atoms with van der Waals surface area (Å²) in [6.45, 7) is 5.08. The molecule has 1 unspecified atom stereocenters. The highest BCUT2D eigenvalue weighted by molar-refractivity contribution is 5.99. The Balaban J connectivity index is 2.37. The summed E-state index contributed by atoms with van der Waals surface area (Å²) in [4.78, 5) is 11.4. The standard InChI is InChI=1S/C13H14O4/c1-7(2)12-4-8-3-9(11(16)6-14)10(15)5-13(8)17-12/h3,5,12,14-15H,1,4,6H2,2H3. The summed E-state index contributed by atoms with van der Waals surface area (Å²) in [5.74, 6) is -0.0840. The van der Waals surface area contributed by atoms with Gasteiger partial charge in [-0.2, -0.15) is 0 Å². The van der Waals surface area contributed by atoms with Gasteiger partial charge >= 0.3 is 0 Å². The van der Waals surface area contributed by atoms with E-state index in [1.807, 2.05) is 6.92 Å². The Morgan fingerprint density at radius 1 is 1.59 bits per heavy atom. The second kappa shape index (κ2) is 4.22. The van der Waals surface area contributed by atoms with E-state index in [0.717, 1.165) is 11.1 Å². The van der Waals surface area contributed by atoms with Gasteiger partial charge in [-0.3, -0.25) is 4.79 Å². The molecule has 0 bridgehead atoms. The van der Waals surface area contributed by atoms with Gasteiger partial charge in [0.1, 0.15) is 24.2 Å². The third-order valence-electron chi connectivity index (χ3n) is 2.85. The number of hydrogen-bond donors (Lipinski definition) is 2. The van der Waals surface area contributed by atoms with Crippen LogP contribution in [0.2, 0.25) is 0 Å². The predicted molar refractivity (Wildman–Crippen MR) is 62.5 cm³/mol. The first-order valence-electron chi connectivity index (χ1n) is 5.35. The Hall–Kier alpha value is -1.81. The molecule has 2 N–H and O–H groups in total. The summed E-state index contributed by atoms with van der Waals surface area (Å²) in [6, 6.07) is 2.99. The molecule has 0 aliphatic carbocycles. The monoisotopic (exact) mass is 234 g/mol. The van der Waals surface area contributed by atoms with E-state index in [-0.39, 0.29) is 17.4 Å². The Bertz CT molecular complexity index is 490. The Kier molecular flexibility index (Phi) is 2.90. The molecule has 1 aromatic rings. The number of aromatic hydroxyl groups is 1. The average Bonchev–Trinajstić information content (AvgIpc) is 2.69. The van der Waals surface area contributed by atoms with Crippen LogP contribution >= 0.6 is 0 Å². The highest BCUT2D eigenvalue weighted by Gasteiger charge is 2.26. The van der Waals surface area contributed by atoms with Crippen LogP contribution in [-0.2, 0) is 6.42 Å². The van der Waals surface area contributed by atoms with Crippen LogP contribution < -0.4 is 4.74 Å². The third kappa shape index (κ3) is 2.03. The summed E-state index contributed by atoms with van der Waals surface area (Å²) < 4.78 is 5.58. The summed E-state index contributed by atoms with van der Waals surface area (Å²) in [5, 5.41) is 18.5. The van der Waals surface area contributed by atoms with E-state index in [1.54, 1.807) is 6.07 Å². The van der Waals surface area contributed by atoms with E-state index in [0.29, 0.717) is 12.2 Å². The molecule has 17 heavy (non-hydrogen) atoms. The van der Waals surface area contributed by atoms with Crippen LogP contribution in [0.15, 0.2) is 24.3 Å². The molecule has 0 saturated heterocycles. The van der Waals surface area contributed by atoms with Gasteiger partial charge in [-0.25, -0.2) is 0 Å². The van der Waals surface area contributed by atoms with Crippen molar-refractivity contribution in [1.82, 2.24) is 0 Å². The molecule has 0 spiro atoms. The number of aliphatic hydroxyl groups excluding tert-OH is 1. The fourth-order valence-corrected chi connectivity index (χ4v) is 1.86. The van der Waals surface area contributed by atoms with Crippen LogP contribution in [0.25, 0.3) is 0 Å². The number of carbonyl (C=O) groups is 1. The van der Waals surface area contributed by atoms with Crippen molar-refractivity contribution in [2.45, 2.75) is 19.4 Å². The van der Waals surface area contributed by atoms with Crippen molar-refractivity contribution < 1.29 is 19.7 Å². The first-order chi connectivity index (χ1) is 8.02. The van der Waals surface area contributed by atoms with Crippen LogP contribution in [0.1, 0.15) is 22.8 Å². The molecule has 2 rings (SSSR count). The number of benzene rings is 1.